The Labute approximate surface area is 169 Å². The van der Waals surface area contributed by atoms with Gasteiger partial charge in [-0.3, -0.25) is 14.4 Å². The number of ketones is 1. The van der Waals surface area contributed by atoms with E-state index in [2.05, 4.69) is 31.1 Å². The van der Waals surface area contributed by atoms with E-state index in [9.17, 15) is 14.4 Å². The predicted octanol–water partition coefficient (Wildman–Crippen LogP) is 4.18. The maximum atomic E-state index is 12.2. The first-order valence-corrected chi connectivity index (χ1v) is 9.24. The summed E-state index contributed by atoms with van der Waals surface area (Å²) in [7, 11) is 0. The molecule has 6 nitrogen and oxygen atoms in total. The van der Waals surface area contributed by atoms with Crippen LogP contribution < -0.4 is 5.32 Å². The highest BCUT2D eigenvalue weighted by molar-refractivity contribution is 6.30. The number of aromatic nitrogens is 1. The van der Waals surface area contributed by atoms with Crippen LogP contribution in [0.5, 0.6) is 0 Å². The molecule has 7 heteroatoms. The van der Waals surface area contributed by atoms with E-state index in [0.29, 0.717) is 16.4 Å². The Morgan fingerprint density at radius 1 is 1.04 bits per heavy atom. The largest absolute Gasteiger partial charge is 0.456 e. The zero-order valence-corrected chi connectivity index (χ0v) is 16.9. The number of hydrogen-bond acceptors (Lipinski definition) is 5. The first kappa shape index (κ1) is 21.6. The van der Waals surface area contributed by atoms with Gasteiger partial charge in [0.2, 0.25) is 0 Å². The van der Waals surface area contributed by atoms with Gasteiger partial charge in [-0.25, -0.2) is 4.98 Å². The van der Waals surface area contributed by atoms with Crippen molar-refractivity contribution in [1.29, 1.82) is 0 Å². The number of anilines is 1. The van der Waals surface area contributed by atoms with Gasteiger partial charge in [-0.1, -0.05) is 56.6 Å². The van der Waals surface area contributed by atoms with Crippen molar-refractivity contribution in [3.63, 3.8) is 0 Å². The van der Waals surface area contributed by atoms with Crippen molar-refractivity contribution in [2.24, 2.45) is 0 Å². The van der Waals surface area contributed by atoms with Crippen molar-refractivity contribution in [2.45, 2.75) is 39.0 Å². The number of ether oxygens (including phenoxy) is 1. The lowest BCUT2D eigenvalue weighted by Crippen LogP contribution is -2.21. The molecule has 0 spiro atoms. The van der Waals surface area contributed by atoms with Crippen LogP contribution in [0, 0.1) is 0 Å². The lowest BCUT2D eigenvalue weighted by atomic mass is 9.86. The Kier molecular flexibility index (Phi) is 7.29. The summed E-state index contributed by atoms with van der Waals surface area (Å²) in [6.45, 7) is 5.84. The molecule has 0 unspecified atom stereocenters. The van der Waals surface area contributed by atoms with Crippen LogP contribution in [0.15, 0.2) is 42.6 Å². The second-order valence-corrected chi connectivity index (χ2v) is 7.76. The minimum atomic E-state index is -0.612. The number of esters is 1. The van der Waals surface area contributed by atoms with Gasteiger partial charge in [-0.15, -0.1) is 0 Å². The summed E-state index contributed by atoms with van der Waals surface area (Å²) in [6, 6.07) is 10.5. The van der Waals surface area contributed by atoms with Crippen molar-refractivity contribution < 1.29 is 19.1 Å². The van der Waals surface area contributed by atoms with E-state index in [1.54, 1.807) is 18.2 Å². The summed E-state index contributed by atoms with van der Waals surface area (Å²) in [4.78, 5) is 39.6. The van der Waals surface area contributed by atoms with Crippen LogP contribution in [0.25, 0.3) is 0 Å². The van der Waals surface area contributed by atoms with E-state index in [1.165, 1.54) is 12.3 Å². The fraction of sp³-hybridized carbons (Fsp3) is 0.333. The van der Waals surface area contributed by atoms with Gasteiger partial charge in [-0.2, -0.15) is 0 Å². The molecule has 0 saturated heterocycles. The van der Waals surface area contributed by atoms with Crippen molar-refractivity contribution >= 4 is 35.1 Å². The fourth-order valence-electron chi connectivity index (χ4n) is 2.36. The summed E-state index contributed by atoms with van der Waals surface area (Å²) in [6.07, 6.45) is 1.32. The number of Topliss-reactive ketones (excluding diaryl/α,β-unsaturated/α-hetero) is 1. The molecule has 0 atom stereocenters. The van der Waals surface area contributed by atoms with E-state index >= 15 is 0 Å². The molecule has 0 aliphatic carbocycles. The maximum Gasteiger partial charge on any atom is 0.306 e. The van der Waals surface area contributed by atoms with E-state index in [1.807, 2.05) is 12.1 Å². The van der Waals surface area contributed by atoms with Gasteiger partial charge < -0.3 is 10.1 Å². The van der Waals surface area contributed by atoms with Gasteiger partial charge in [0.25, 0.3) is 5.91 Å². The Morgan fingerprint density at radius 2 is 1.71 bits per heavy atom. The molecule has 148 valence electrons. The Morgan fingerprint density at radius 3 is 2.29 bits per heavy atom. The summed E-state index contributed by atoms with van der Waals surface area (Å²) >= 11 is 5.71. The molecule has 1 amide bonds. The number of nitrogens with zero attached hydrogens (tertiary/aromatic N) is 1. The average Bonchev–Trinajstić information content (AvgIpc) is 2.65. The minimum absolute atomic E-state index is 0.00743. The third kappa shape index (κ3) is 6.78. The van der Waals surface area contributed by atoms with Crippen molar-refractivity contribution in [3.05, 3.63) is 58.7 Å². The molecular weight excluding hydrogens is 380 g/mol. The summed E-state index contributed by atoms with van der Waals surface area (Å²) in [5.74, 6) is -0.974. The number of hydrogen-bond donors (Lipinski definition) is 1. The Balaban J connectivity index is 1.74. The van der Waals surface area contributed by atoms with Gasteiger partial charge in [0.05, 0.1) is 11.4 Å². The highest BCUT2D eigenvalue weighted by Crippen LogP contribution is 2.22. The number of benzene rings is 1. The molecule has 2 aromatic rings. The molecule has 0 saturated carbocycles. The minimum Gasteiger partial charge on any atom is -0.456 e. The van der Waals surface area contributed by atoms with E-state index in [4.69, 9.17) is 16.3 Å². The molecule has 0 fully saturated rings. The standard InChI is InChI=1S/C21H23ClN2O4/c1-21(2,3)15-6-4-14(5-7-15)17(25)9-11-20(27)28-13-19(26)24-18-10-8-16(22)12-23-18/h4-8,10,12H,9,11,13H2,1-3H3,(H,23,24,26). The van der Waals surface area contributed by atoms with E-state index < -0.39 is 18.5 Å². The molecule has 1 heterocycles. The smallest absolute Gasteiger partial charge is 0.306 e. The molecule has 0 aliphatic rings. The number of pyridine rings is 1. The number of halogens is 1. The summed E-state index contributed by atoms with van der Waals surface area (Å²) in [5.41, 5.74) is 1.69. The zero-order valence-electron chi connectivity index (χ0n) is 16.1. The SMILES string of the molecule is CC(C)(C)c1ccc(C(=O)CCC(=O)OCC(=O)Nc2ccc(Cl)cn2)cc1. The van der Waals surface area contributed by atoms with Crippen LogP contribution in [0.2, 0.25) is 5.02 Å². The second kappa shape index (κ2) is 9.46. The summed E-state index contributed by atoms with van der Waals surface area (Å²) < 4.78 is 4.89. The fourth-order valence-corrected chi connectivity index (χ4v) is 2.47. The van der Waals surface area contributed by atoms with Crippen LogP contribution in [0.4, 0.5) is 5.82 Å². The molecule has 0 bridgehead atoms. The van der Waals surface area contributed by atoms with Gasteiger partial charge in [-0.05, 0) is 23.1 Å². The number of carbonyl (C=O) groups is 3. The van der Waals surface area contributed by atoms with Gasteiger partial charge in [0.1, 0.15) is 5.82 Å². The van der Waals surface area contributed by atoms with Crippen LogP contribution in [0.3, 0.4) is 0 Å². The third-order valence-electron chi connectivity index (χ3n) is 3.99. The molecule has 1 aromatic heterocycles. The molecule has 1 N–H and O–H groups in total. The average molecular weight is 403 g/mol. The monoisotopic (exact) mass is 402 g/mol. The molecular formula is C21H23ClN2O4. The highest BCUT2D eigenvalue weighted by atomic mass is 35.5. The zero-order chi connectivity index (χ0) is 20.7. The number of rotatable bonds is 7. The third-order valence-corrected chi connectivity index (χ3v) is 4.21. The first-order chi connectivity index (χ1) is 13.1. The Bertz CT molecular complexity index is 840. The second-order valence-electron chi connectivity index (χ2n) is 7.32. The lowest BCUT2D eigenvalue weighted by molar-refractivity contribution is -0.147. The molecule has 28 heavy (non-hydrogen) atoms. The van der Waals surface area contributed by atoms with Crippen molar-refractivity contribution in [3.8, 4) is 0 Å². The van der Waals surface area contributed by atoms with Crippen LogP contribution in [-0.2, 0) is 19.7 Å². The first-order valence-electron chi connectivity index (χ1n) is 8.86. The molecule has 0 radical (unpaired) electrons. The van der Waals surface area contributed by atoms with Crippen LogP contribution >= 0.6 is 11.6 Å². The number of nitrogens with one attached hydrogen (secondary N) is 1. The highest BCUT2D eigenvalue weighted by Gasteiger charge is 2.15. The summed E-state index contributed by atoms with van der Waals surface area (Å²) in [5, 5.41) is 2.93. The van der Waals surface area contributed by atoms with E-state index in [0.717, 1.165) is 5.56 Å². The van der Waals surface area contributed by atoms with Crippen molar-refractivity contribution in [1.82, 2.24) is 4.98 Å². The quantitative estimate of drug-likeness (QED) is 0.554. The van der Waals surface area contributed by atoms with Gasteiger partial charge >= 0.3 is 5.97 Å². The molecule has 1 aromatic carbocycles. The Hall–Kier alpha value is -2.73. The van der Waals surface area contributed by atoms with Crippen LogP contribution in [-0.4, -0.2) is 29.3 Å². The van der Waals surface area contributed by atoms with Gasteiger partial charge in [0.15, 0.2) is 12.4 Å². The maximum absolute atomic E-state index is 12.2. The molecule has 0 aliphatic heterocycles. The normalized spacial score (nSPS) is 11.0. The predicted molar refractivity (Wildman–Crippen MR) is 108 cm³/mol. The van der Waals surface area contributed by atoms with Crippen molar-refractivity contribution in [2.75, 3.05) is 11.9 Å². The molecule has 2 rings (SSSR count). The van der Waals surface area contributed by atoms with Crippen LogP contribution in [0.1, 0.15) is 49.5 Å². The number of amides is 1. The topological polar surface area (TPSA) is 85.4 Å². The van der Waals surface area contributed by atoms with Gasteiger partial charge in [0, 0.05) is 18.2 Å². The lowest BCUT2D eigenvalue weighted by Gasteiger charge is -2.18. The number of carbonyl (C=O) groups excluding carboxylic acids is 3. The van der Waals surface area contributed by atoms with E-state index in [-0.39, 0.29) is 24.0 Å².